The first-order chi connectivity index (χ1) is 15.6. The number of fused-ring (bicyclic) bond motifs is 4. The number of alkyl halides is 3. The molecule has 0 saturated heterocycles. The molecule has 0 amide bonds. The molecule has 0 bridgehead atoms. The van der Waals surface area contributed by atoms with Crippen molar-refractivity contribution in [2.45, 2.75) is 24.0 Å². The molecule has 1 aliphatic heterocycles. The standard InChI is InChI=1S/C23H19ClF3N3O2S/c24-19-5-1-4-17-15(19)3-2-6-22(17)33(31,32)29-14-7-8-20-18(11-14)16-9-10-30(12-21(16)28-20)13-23(25,26)27/h1-8,11,28-29H,9-10,12-13H2. The number of nitrogens with one attached hydrogen (secondary N) is 2. The maximum Gasteiger partial charge on any atom is 0.401 e. The molecule has 4 aromatic rings. The Balaban J connectivity index is 1.47. The summed E-state index contributed by atoms with van der Waals surface area (Å²) in [6, 6.07) is 15.1. The number of aromatic nitrogens is 1. The molecule has 3 aromatic carbocycles. The van der Waals surface area contributed by atoms with Gasteiger partial charge in [-0.2, -0.15) is 13.2 Å². The van der Waals surface area contributed by atoms with Gasteiger partial charge in [-0.15, -0.1) is 0 Å². The Kier molecular flexibility index (Phi) is 5.30. The number of anilines is 1. The van der Waals surface area contributed by atoms with Crippen LogP contribution in [0.5, 0.6) is 0 Å². The topological polar surface area (TPSA) is 65.2 Å². The van der Waals surface area contributed by atoms with Crippen LogP contribution < -0.4 is 4.72 Å². The summed E-state index contributed by atoms with van der Waals surface area (Å²) in [6.07, 6.45) is -3.80. The molecule has 33 heavy (non-hydrogen) atoms. The molecule has 0 radical (unpaired) electrons. The van der Waals surface area contributed by atoms with E-state index >= 15 is 0 Å². The van der Waals surface area contributed by atoms with E-state index < -0.39 is 22.7 Å². The number of hydrogen-bond donors (Lipinski definition) is 2. The highest BCUT2D eigenvalue weighted by atomic mass is 35.5. The van der Waals surface area contributed by atoms with Gasteiger partial charge in [-0.3, -0.25) is 9.62 Å². The van der Waals surface area contributed by atoms with E-state index in [9.17, 15) is 21.6 Å². The highest BCUT2D eigenvalue weighted by molar-refractivity contribution is 7.93. The fourth-order valence-corrected chi connectivity index (χ4v) is 5.95. The van der Waals surface area contributed by atoms with Crippen molar-refractivity contribution in [1.82, 2.24) is 9.88 Å². The lowest BCUT2D eigenvalue weighted by Gasteiger charge is -2.27. The molecule has 5 nitrogen and oxygen atoms in total. The Labute approximate surface area is 193 Å². The average molecular weight is 494 g/mol. The molecule has 1 aliphatic rings. The van der Waals surface area contributed by atoms with E-state index in [0.29, 0.717) is 27.9 Å². The Morgan fingerprint density at radius 3 is 2.58 bits per heavy atom. The molecule has 0 atom stereocenters. The van der Waals surface area contributed by atoms with Crippen molar-refractivity contribution in [2.24, 2.45) is 0 Å². The third-order valence-corrected chi connectivity index (χ3v) is 7.60. The number of aromatic amines is 1. The number of H-pyrrole nitrogens is 1. The zero-order valence-electron chi connectivity index (χ0n) is 17.2. The fraction of sp³-hybridized carbons (Fsp3) is 0.217. The second-order valence-electron chi connectivity index (χ2n) is 8.11. The zero-order valence-corrected chi connectivity index (χ0v) is 18.8. The van der Waals surface area contributed by atoms with E-state index in [-0.39, 0.29) is 18.0 Å². The van der Waals surface area contributed by atoms with Crippen molar-refractivity contribution in [3.05, 3.63) is 70.9 Å². The molecule has 10 heteroatoms. The number of benzene rings is 3. The zero-order chi connectivity index (χ0) is 23.4. The summed E-state index contributed by atoms with van der Waals surface area (Å²) in [7, 11) is -3.91. The van der Waals surface area contributed by atoms with Crippen molar-refractivity contribution < 1.29 is 21.6 Å². The normalized spacial score (nSPS) is 15.2. The van der Waals surface area contributed by atoms with Crippen molar-refractivity contribution in [1.29, 1.82) is 0 Å². The van der Waals surface area contributed by atoms with E-state index in [0.717, 1.165) is 22.2 Å². The van der Waals surface area contributed by atoms with Crippen LogP contribution in [0, 0.1) is 0 Å². The van der Waals surface area contributed by atoms with Gasteiger partial charge in [-0.05, 0) is 42.3 Å². The number of hydrogen-bond acceptors (Lipinski definition) is 3. The van der Waals surface area contributed by atoms with Gasteiger partial charge in [-0.1, -0.05) is 35.9 Å². The van der Waals surface area contributed by atoms with Crippen molar-refractivity contribution in [3.8, 4) is 0 Å². The molecule has 0 saturated carbocycles. The summed E-state index contributed by atoms with van der Waals surface area (Å²) in [4.78, 5) is 4.65. The summed E-state index contributed by atoms with van der Waals surface area (Å²) in [6.45, 7) is -0.505. The minimum atomic E-state index is -4.25. The fourth-order valence-electron chi connectivity index (χ4n) is 4.44. The van der Waals surface area contributed by atoms with Crippen LogP contribution in [-0.2, 0) is 23.0 Å². The van der Waals surface area contributed by atoms with Gasteiger partial charge in [0, 0.05) is 51.2 Å². The first-order valence-electron chi connectivity index (χ1n) is 10.2. The minimum Gasteiger partial charge on any atom is -0.357 e. The van der Waals surface area contributed by atoms with Gasteiger partial charge in [0.25, 0.3) is 10.0 Å². The molecule has 2 heterocycles. The minimum absolute atomic E-state index is 0.112. The first kappa shape index (κ1) is 22.1. The average Bonchev–Trinajstić information content (AvgIpc) is 3.09. The predicted molar refractivity (Wildman–Crippen MR) is 123 cm³/mol. The van der Waals surface area contributed by atoms with Crippen LogP contribution in [-0.4, -0.2) is 37.6 Å². The molecular weight excluding hydrogens is 475 g/mol. The summed E-state index contributed by atoms with van der Waals surface area (Å²) in [5, 5.41) is 2.42. The molecule has 0 aliphatic carbocycles. The van der Waals surface area contributed by atoms with Gasteiger partial charge in [0.2, 0.25) is 0 Å². The maximum atomic E-state index is 13.2. The smallest absolute Gasteiger partial charge is 0.357 e. The largest absolute Gasteiger partial charge is 0.401 e. The quantitative estimate of drug-likeness (QED) is 0.383. The second kappa shape index (κ2) is 7.93. The molecule has 5 rings (SSSR count). The van der Waals surface area contributed by atoms with Crippen LogP contribution in [0.4, 0.5) is 18.9 Å². The molecule has 0 spiro atoms. The predicted octanol–water partition coefficient (Wildman–Crippen LogP) is 5.70. The molecule has 1 aromatic heterocycles. The van der Waals surface area contributed by atoms with Crippen LogP contribution in [0.3, 0.4) is 0 Å². The second-order valence-corrected chi connectivity index (χ2v) is 10.2. The third kappa shape index (κ3) is 4.28. The van der Waals surface area contributed by atoms with Gasteiger partial charge < -0.3 is 4.98 Å². The highest BCUT2D eigenvalue weighted by Gasteiger charge is 2.33. The van der Waals surface area contributed by atoms with Crippen molar-refractivity contribution in [3.63, 3.8) is 0 Å². The summed E-state index contributed by atoms with van der Waals surface area (Å²) < 4.78 is 67.3. The Bertz CT molecular complexity index is 1480. The van der Waals surface area contributed by atoms with Crippen LogP contribution in [0.1, 0.15) is 11.3 Å². The summed E-state index contributed by atoms with van der Waals surface area (Å²) >= 11 is 6.22. The van der Waals surface area contributed by atoms with Crippen molar-refractivity contribution >= 4 is 49.0 Å². The van der Waals surface area contributed by atoms with E-state index in [1.807, 2.05) is 0 Å². The van der Waals surface area contributed by atoms with Crippen molar-refractivity contribution in [2.75, 3.05) is 17.8 Å². The Morgan fingerprint density at radius 2 is 1.79 bits per heavy atom. The molecule has 0 fully saturated rings. The van der Waals surface area contributed by atoms with Crippen LogP contribution in [0.15, 0.2) is 59.5 Å². The lowest BCUT2D eigenvalue weighted by Crippen LogP contribution is -2.37. The molecule has 0 unspecified atom stereocenters. The Hall–Kier alpha value is -2.75. The van der Waals surface area contributed by atoms with Gasteiger partial charge in [0.15, 0.2) is 0 Å². The lowest BCUT2D eigenvalue weighted by atomic mass is 10.0. The van der Waals surface area contributed by atoms with Crippen LogP contribution in [0.2, 0.25) is 5.02 Å². The lowest BCUT2D eigenvalue weighted by molar-refractivity contribution is -0.147. The molecule has 2 N–H and O–H groups in total. The van der Waals surface area contributed by atoms with Gasteiger partial charge in [0.05, 0.1) is 11.4 Å². The number of nitrogens with zero attached hydrogens (tertiary/aromatic N) is 1. The van der Waals surface area contributed by atoms with E-state index in [1.165, 1.54) is 11.0 Å². The Morgan fingerprint density at radius 1 is 1.03 bits per heavy atom. The van der Waals surface area contributed by atoms with E-state index in [4.69, 9.17) is 11.6 Å². The number of sulfonamides is 1. The summed E-state index contributed by atoms with van der Waals surface area (Å²) in [5.41, 5.74) is 2.78. The molecular formula is C23H19ClF3N3O2S. The van der Waals surface area contributed by atoms with E-state index in [2.05, 4.69) is 9.71 Å². The third-order valence-electron chi connectivity index (χ3n) is 5.83. The van der Waals surface area contributed by atoms with Gasteiger partial charge in [-0.25, -0.2) is 8.42 Å². The van der Waals surface area contributed by atoms with Crippen LogP contribution in [0.25, 0.3) is 21.7 Å². The van der Waals surface area contributed by atoms with Gasteiger partial charge in [0.1, 0.15) is 0 Å². The summed E-state index contributed by atoms with van der Waals surface area (Å²) in [5.74, 6) is 0. The number of rotatable bonds is 4. The maximum absolute atomic E-state index is 13.2. The SMILES string of the molecule is O=S(=O)(Nc1ccc2[nH]c3c(c2c1)CCN(CC(F)(F)F)C3)c1cccc2c(Cl)cccc12. The monoisotopic (exact) mass is 493 g/mol. The number of halogens is 4. The van der Waals surface area contributed by atoms with E-state index in [1.54, 1.807) is 48.5 Å². The highest BCUT2D eigenvalue weighted by Crippen LogP contribution is 2.33. The van der Waals surface area contributed by atoms with Crippen LogP contribution >= 0.6 is 11.6 Å². The van der Waals surface area contributed by atoms with Gasteiger partial charge >= 0.3 is 6.18 Å². The first-order valence-corrected chi connectivity index (χ1v) is 12.1. The molecule has 172 valence electrons.